The molecule has 3 aromatic rings. The number of hydrogen-bond donors (Lipinski definition) is 2. The number of phenolic OH excluding ortho intramolecular Hbond substituents is 1. The second-order valence-electron chi connectivity index (χ2n) is 7.78. The van der Waals surface area contributed by atoms with Gasteiger partial charge in [-0.3, -0.25) is 5.26 Å². The molecule has 0 amide bonds. The predicted molar refractivity (Wildman–Crippen MR) is 128 cm³/mol. The molecule has 0 bridgehead atoms. The Bertz CT molecular complexity index is 810. The van der Waals surface area contributed by atoms with Crippen LogP contribution in [0, 0.1) is 0 Å². The van der Waals surface area contributed by atoms with Crippen molar-refractivity contribution in [3.63, 3.8) is 0 Å². The number of benzene rings is 3. The third-order valence-electron chi connectivity index (χ3n) is 3.92. The van der Waals surface area contributed by atoms with Gasteiger partial charge in [-0.15, -0.1) is 0 Å². The average Bonchev–Trinajstić information content (AvgIpc) is 2.76. The van der Waals surface area contributed by atoms with Crippen LogP contribution in [0.1, 0.15) is 58.6 Å². The van der Waals surface area contributed by atoms with E-state index in [1.165, 1.54) is 19.4 Å². The van der Waals surface area contributed by atoms with Gasteiger partial charge in [0, 0.05) is 0 Å². The lowest BCUT2D eigenvalue weighted by Gasteiger charge is -2.20. The van der Waals surface area contributed by atoms with Gasteiger partial charge in [-0.1, -0.05) is 92.7 Å². The molecule has 4 nitrogen and oxygen atoms in total. The van der Waals surface area contributed by atoms with Gasteiger partial charge in [-0.2, -0.15) is 0 Å². The summed E-state index contributed by atoms with van der Waals surface area (Å²) >= 11 is 0. The summed E-state index contributed by atoms with van der Waals surface area (Å²) in [6.07, 6.45) is 0. The predicted octanol–water partition coefficient (Wildman–Crippen LogP) is 7.21. The van der Waals surface area contributed by atoms with Crippen molar-refractivity contribution >= 4 is 5.78 Å². The summed E-state index contributed by atoms with van der Waals surface area (Å²) in [6.45, 7) is 11.1. The van der Waals surface area contributed by atoms with Gasteiger partial charge in [0.25, 0.3) is 0 Å². The molecule has 0 aromatic heterocycles. The summed E-state index contributed by atoms with van der Waals surface area (Å²) < 4.78 is 0. The summed E-state index contributed by atoms with van der Waals surface area (Å²) in [5.41, 5.74) is 1.77. The Hall–Kier alpha value is -2.95. The molecule has 0 saturated carbocycles. The monoisotopic (exact) mass is 424 g/mol. The van der Waals surface area contributed by atoms with E-state index in [1.54, 1.807) is 24.3 Å². The van der Waals surface area contributed by atoms with Crippen molar-refractivity contribution in [2.75, 3.05) is 0 Å². The highest BCUT2D eigenvalue weighted by Gasteiger charge is 2.20. The van der Waals surface area contributed by atoms with Crippen molar-refractivity contribution in [1.82, 2.24) is 0 Å². The maximum Gasteiger partial charge on any atom is 0.126 e. The van der Waals surface area contributed by atoms with Crippen LogP contribution in [0.3, 0.4) is 0 Å². The Balaban J connectivity index is 0.000000409. The smallest absolute Gasteiger partial charge is 0.126 e. The van der Waals surface area contributed by atoms with Gasteiger partial charge in [-0.05, 0) is 56.9 Å². The number of para-hydroxylation sites is 1. The second kappa shape index (κ2) is 15.8. The summed E-state index contributed by atoms with van der Waals surface area (Å²) in [4.78, 5) is 13.8. The van der Waals surface area contributed by atoms with E-state index >= 15 is 0 Å². The van der Waals surface area contributed by atoms with Gasteiger partial charge in [-0.25, -0.2) is 4.89 Å². The molecular weight excluding hydrogens is 388 g/mol. The minimum Gasteiger partial charge on any atom is -0.508 e. The van der Waals surface area contributed by atoms with E-state index in [0.717, 1.165) is 5.56 Å². The van der Waals surface area contributed by atoms with Crippen molar-refractivity contribution < 1.29 is 20.0 Å². The Labute approximate surface area is 187 Å². The third kappa shape index (κ3) is 14.6. The van der Waals surface area contributed by atoms with Crippen LogP contribution in [-0.2, 0) is 15.3 Å². The Kier molecular flexibility index (Phi) is 14.3. The van der Waals surface area contributed by atoms with Crippen LogP contribution < -0.4 is 0 Å². The molecule has 0 radical (unpaired) electrons. The van der Waals surface area contributed by atoms with Crippen LogP contribution in [0.15, 0.2) is 91.0 Å². The molecule has 0 aliphatic rings. The van der Waals surface area contributed by atoms with Gasteiger partial charge in [0.05, 0.1) is 0 Å². The SMILES string of the molecule is CC(C)(OO)c1ccccc1.CC(C)=O.CC(C)c1ccccc1.Oc1ccccc1. The number of rotatable bonds is 3. The zero-order valence-corrected chi connectivity index (χ0v) is 19.4. The van der Waals surface area contributed by atoms with Crippen LogP contribution >= 0.6 is 0 Å². The maximum absolute atomic E-state index is 9.44. The molecule has 0 heterocycles. The number of aromatic hydroxyl groups is 1. The fourth-order valence-corrected chi connectivity index (χ4v) is 2.16. The zero-order chi connectivity index (χ0) is 23.7. The van der Waals surface area contributed by atoms with Crippen molar-refractivity contribution in [3.05, 3.63) is 102 Å². The number of Topliss-reactive ketones (excluding diaryl/α,β-unsaturated/α-hetero) is 1. The topological polar surface area (TPSA) is 66.8 Å². The van der Waals surface area contributed by atoms with Crippen molar-refractivity contribution in [2.45, 2.75) is 53.1 Å². The molecule has 3 rings (SSSR count). The number of ketones is 1. The van der Waals surface area contributed by atoms with Crippen LogP contribution in [0.2, 0.25) is 0 Å². The first-order valence-electron chi connectivity index (χ1n) is 10.2. The van der Waals surface area contributed by atoms with E-state index in [-0.39, 0.29) is 5.78 Å². The number of carbonyl (C=O) groups is 1. The van der Waals surface area contributed by atoms with Gasteiger partial charge >= 0.3 is 0 Å². The fraction of sp³-hybridized carbons (Fsp3) is 0.296. The Morgan fingerprint density at radius 3 is 1.39 bits per heavy atom. The van der Waals surface area contributed by atoms with Gasteiger partial charge in [0.2, 0.25) is 0 Å². The lowest BCUT2D eigenvalue weighted by Crippen LogP contribution is -2.19. The molecule has 0 fully saturated rings. The summed E-state index contributed by atoms with van der Waals surface area (Å²) in [7, 11) is 0. The molecule has 2 N–H and O–H groups in total. The van der Waals surface area contributed by atoms with Crippen LogP contribution in [-0.4, -0.2) is 16.1 Å². The molecular formula is C27H36O4. The van der Waals surface area contributed by atoms with E-state index in [0.29, 0.717) is 11.7 Å². The highest BCUT2D eigenvalue weighted by Crippen LogP contribution is 2.22. The Morgan fingerprint density at radius 2 is 1.13 bits per heavy atom. The molecule has 0 saturated heterocycles. The maximum atomic E-state index is 9.44. The Morgan fingerprint density at radius 1 is 0.774 bits per heavy atom. The molecule has 168 valence electrons. The molecule has 4 heteroatoms. The first kappa shape index (κ1) is 28.1. The molecule has 3 aromatic carbocycles. The normalized spacial score (nSPS) is 9.81. The molecule has 31 heavy (non-hydrogen) atoms. The standard InChI is InChI=1S/C9H12O2.C9H12.C6H6O.C3H6O/c1-9(2,11-10)8-6-4-3-5-7-8;1-8(2)9-6-4-3-5-7-9;7-6-4-2-1-3-5-6;1-3(2)4/h3-7,10H,1-2H3;3-8H,1-2H3;1-5,7H;1-2H3. The average molecular weight is 425 g/mol. The first-order chi connectivity index (χ1) is 14.6. The van der Waals surface area contributed by atoms with E-state index in [1.807, 2.05) is 56.3 Å². The molecule has 0 unspecified atom stereocenters. The van der Waals surface area contributed by atoms with Crippen LogP contribution in [0.4, 0.5) is 0 Å². The molecule has 0 aliphatic carbocycles. The minimum atomic E-state index is -0.610. The van der Waals surface area contributed by atoms with Crippen LogP contribution in [0.5, 0.6) is 5.75 Å². The summed E-state index contributed by atoms with van der Waals surface area (Å²) in [5, 5.41) is 17.2. The first-order valence-corrected chi connectivity index (χ1v) is 10.2. The molecule has 0 aliphatic heterocycles. The summed E-state index contributed by atoms with van der Waals surface area (Å²) in [5.74, 6) is 1.15. The number of carbonyl (C=O) groups excluding carboxylic acids is 1. The van der Waals surface area contributed by atoms with E-state index in [9.17, 15) is 4.79 Å². The van der Waals surface area contributed by atoms with Crippen molar-refractivity contribution in [2.24, 2.45) is 0 Å². The number of phenols is 1. The molecule has 0 atom stereocenters. The van der Waals surface area contributed by atoms with Gasteiger partial charge in [0.1, 0.15) is 17.1 Å². The van der Waals surface area contributed by atoms with E-state index in [4.69, 9.17) is 10.4 Å². The minimum absolute atomic E-state index is 0.167. The molecule has 0 spiro atoms. The summed E-state index contributed by atoms with van der Waals surface area (Å²) in [6, 6.07) is 28.8. The lowest BCUT2D eigenvalue weighted by molar-refractivity contribution is -0.318. The quantitative estimate of drug-likeness (QED) is 0.344. The van der Waals surface area contributed by atoms with E-state index in [2.05, 4.69) is 43.0 Å². The van der Waals surface area contributed by atoms with Crippen LogP contribution in [0.25, 0.3) is 0 Å². The largest absolute Gasteiger partial charge is 0.508 e. The highest BCUT2D eigenvalue weighted by atomic mass is 17.1. The zero-order valence-electron chi connectivity index (χ0n) is 19.4. The van der Waals surface area contributed by atoms with E-state index < -0.39 is 5.60 Å². The third-order valence-corrected chi connectivity index (χ3v) is 3.92. The van der Waals surface area contributed by atoms with Crippen molar-refractivity contribution in [1.29, 1.82) is 0 Å². The van der Waals surface area contributed by atoms with Crippen molar-refractivity contribution in [3.8, 4) is 5.75 Å². The van der Waals surface area contributed by atoms with Gasteiger partial charge in [0.15, 0.2) is 0 Å². The second-order valence-corrected chi connectivity index (χ2v) is 7.78. The fourth-order valence-electron chi connectivity index (χ4n) is 2.16. The number of hydrogen-bond acceptors (Lipinski definition) is 4. The van der Waals surface area contributed by atoms with Gasteiger partial charge < -0.3 is 9.90 Å². The highest BCUT2D eigenvalue weighted by molar-refractivity contribution is 5.72. The lowest BCUT2D eigenvalue weighted by atomic mass is 9.99.